The number of hydrogen-bond donors (Lipinski definition) is 2. The van der Waals surface area contributed by atoms with Crippen LogP contribution in [0.5, 0.6) is 0 Å². The van der Waals surface area contributed by atoms with Gasteiger partial charge in [-0.3, -0.25) is 0 Å². The van der Waals surface area contributed by atoms with Crippen molar-refractivity contribution in [1.82, 2.24) is 14.9 Å². The van der Waals surface area contributed by atoms with Gasteiger partial charge in [0.05, 0.1) is 0 Å². The molecule has 102 valence electrons. The van der Waals surface area contributed by atoms with Crippen molar-refractivity contribution in [2.45, 2.75) is 33.2 Å². The molecule has 0 aliphatic carbocycles. The second-order valence-corrected chi connectivity index (χ2v) is 4.63. The Morgan fingerprint density at radius 3 is 2.72 bits per heavy atom. The van der Waals surface area contributed by atoms with Gasteiger partial charge in [-0.2, -0.15) is 4.98 Å². The van der Waals surface area contributed by atoms with Crippen molar-refractivity contribution in [2.24, 2.45) is 0 Å². The van der Waals surface area contributed by atoms with E-state index in [1.165, 1.54) is 6.42 Å². The average Bonchev–Trinajstić information content (AvgIpc) is 2.36. The summed E-state index contributed by atoms with van der Waals surface area (Å²) in [5.74, 6) is 1.54. The van der Waals surface area contributed by atoms with E-state index in [2.05, 4.69) is 46.4 Å². The minimum Gasteiger partial charge on any atom is -0.369 e. The number of aromatic nitrogens is 2. The lowest BCUT2D eigenvalue weighted by atomic mass is 10.2. The number of nitrogens with one attached hydrogen (secondary N) is 2. The lowest BCUT2D eigenvalue weighted by Crippen LogP contribution is -2.32. The van der Waals surface area contributed by atoms with Crippen molar-refractivity contribution in [1.29, 1.82) is 0 Å². The second-order valence-electron chi connectivity index (χ2n) is 4.63. The first-order valence-corrected chi connectivity index (χ1v) is 6.54. The van der Waals surface area contributed by atoms with Crippen LogP contribution in [0.25, 0.3) is 0 Å². The summed E-state index contributed by atoms with van der Waals surface area (Å²) in [6.45, 7) is 8.32. The largest absolute Gasteiger partial charge is 0.369 e. The van der Waals surface area contributed by atoms with Crippen molar-refractivity contribution in [3.63, 3.8) is 0 Å². The Hall–Kier alpha value is -1.36. The maximum atomic E-state index is 4.36. The van der Waals surface area contributed by atoms with Gasteiger partial charge in [0.25, 0.3) is 0 Å². The van der Waals surface area contributed by atoms with Crippen LogP contribution in [-0.4, -0.2) is 48.1 Å². The average molecular weight is 251 g/mol. The third-order valence-electron chi connectivity index (χ3n) is 3.19. The number of hydrogen-bond acceptors (Lipinski definition) is 5. The summed E-state index contributed by atoms with van der Waals surface area (Å²) in [7, 11) is 3.98. The molecule has 1 unspecified atom stereocenters. The molecule has 0 fully saturated rings. The highest BCUT2D eigenvalue weighted by atomic mass is 15.2. The number of rotatable bonds is 7. The molecule has 18 heavy (non-hydrogen) atoms. The Morgan fingerprint density at radius 1 is 1.39 bits per heavy atom. The Morgan fingerprint density at radius 2 is 2.11 bits per heavy atom. The predicted octanol–water partition coefficient (Wildman–Crippen LogP) is 1.97. The van der Waals surface area contributed by atoms with Crippen LogP contribution in [0.15, 0.2) is 6.07 Å². The van der Waals surface area contributed by atoms with Gasteiger partial charge in [-0.1, -0.05) is 6.92 Å². The Kier molecular flexibility index (Phi) is 5.85. The van der Waals surface area contributed by atoms with Crippen LogP contribution in [0.1, 0.15) is 26.0 Å². The van der Waals surface area contributed by atoms with Crippen molar-refractivity contribution >= 4 is 11.8 Å². The highest BCUT2D eigenvalue weighted by molar-refractivity contribution is 5.41. The normalized spacial score (nSPS) is 12.6. The SMILES string of the molecule is CCC(C)N(C)CCNc1cc(C)nc(NC)n1. The molecule has 1 atom stereocenters. The van der Waals surface area contributed by atoms with Crippen molar-refractivity contribution in [3.8, 4) is 0 Å². The van der Waals surface area contributed by atoms with Gasteiger partial charge in [0.2, 0.25) is 5.95 Å². The summed E-state index contributed by atoms with van der Waals surface area (Å²) in [6.07, 6.45) is 1.17. The van der Waals surface area contributed by atoms with Crippen LogP contribution in [0.4, 0.5) is 11.8 Å². The predicted molar refractivity (Wildman–Crippen MR) is 77.2 cm³/mol. The lowest BCUT2D eigenvalue weighted by Gasteiger charge is -2.23. The smallest absolute Gasteiger partial charge is 0.224 e. The summed E-state index contributed by atoms with van der Waals surface area (Å²) in [4.78, 5) is 11.0. The molecule has 0 bridgehead atoms. The molecule has 0 spiro atoms. The van der Waals surface area contributed by atoms with Crippen molar-refractivity contribution < 1.29 is 0 Å². The molecular formula is C13H25N5. The zero-order valence-electron chi connectivity index (χ0n) is 12.1. The highest BCUT2D eigenvalue weighted by Gasteiger charge is 2.06. The van der Waals surface area contributed by atoms with Gasteiger partial charge in [-0.25, -0.2) is 4.98 Å². The van der Waals surface area contributed by atoms with Crippen molar-refractivity contribution in [2.75, 3.05) is 37.8 Å². The van der Waals surface area contributed by atoms with Gasteiger partial charge in [-0.05, 0) is 27.3 Å². The molecule has 0 saturated heterocycles. The Balaban J connectivity index is 2.46. The fraction of sp³-hybridized carbons (Fsp3) is 0.692. The third kappa shape index (κ3) is 4.49. The number of aryl methyl sites for hydroxylation is 1. The molecule has 1 aromatic rings. The quantitative estimate of drug-likeness (QED) is 0.776. The number of anilines is 2. The monoisotopic (exact) mass is 251 g/mol. The van der Waals surface area contributed by atoms with Gasteiger partial charge >= 0.3 is 0 Å². The maximum Gasteiger partial charge on any atom is 0.224 e. The molecule has 1 rings (SSSR count). The molecule has 0 saturated carbocycles. The molecule has 0 aliphatic heterocycles. The van der Waals surface area contributed by atoms with Gasteiger partial charge in [0.1, 0.15) is 5.82 Å². The first kappa shape index (κ1) is 14.7. The summed E-state index contributed by atoms with van der Waals surface area (Å²) in [5, 5.41) is 6.30. The van der Waals surface area contributed by atoms with E-state index in [4.69, 9.17) is 0 Å². The third-order valence-corrected chi connectivity index (χ3v) is 3.19. The highest BCUT2D eigenvalue weighted by Crippen LogP contribution is 2.08. The van der Waals surface area contributed by atoms with E-state index in [0.717, 1.165) is 24.6 Å². The van der Waals surface area contributed by atoms with E-state index in [1.807, 2.05) is 20.0 Å². The number of nitrogens with zero attached hydrogens (tertiary/aromatic N) is 3. The fourth-order valence-corrected chi connectivity index (χ4v) is 1.66. The van der Waals surface area contributed by atoms with Gasteiger partial charge in [0.15, 0.2) is 0 Å². The molecular weight excluding hydrogens is 226 g/mol. The minimum atomic E-state index is 0.617. The molecule has 5 heteroatoms. The number of likely N-dealkylation sites (N-methyl/N-ethyl adjacent to an activating group) is 1. The summed E-state index contributed by atoms with van der Waals surface area (Å²) < 4.78 is 0. The molecule has 1 heterocycles. The van der Waals surface area contributed by atoms with E-state index in [0.29, 0.717) is 12.0 Å². The lowest BCUT2D eigenvalue weighted by molar-refractivity contribution is 0.261. The van der Waals surface area contributed by atoms with Crippen LogP contribution in [0, 0.1) is 6.92 Å². The summed E-state index contributed by atoms with van der Waals surface area (Å²) in [5.41, 5.74) is 0.965. The first-order valence-electron chi connectivity index (χ1n) is 6.54. The minimum absolute atomic E-state index is 0.617. The van der Waals surface area contributed by atoms with E-state index < -0.39 is 0 Å². The van der Waals surface area contributed by atoms with Gasteiger partial charge < -0.3 is 15.5 Å². The molecule has 0 amide bonds. The molecule has 0 radical (unpaired) electrons. The van der Waals surface area contributed by atoms with Crippen molar-refractivity contribution in [3.05, 3.63) is 11.8 Å². The molecule has 0 aliphatic rings. The van der Waals surface area contributed by atoms with Crippen LogP contribution in [-0.2, 0) is 0 Å². The Bertz CT molecular complexity index is 366. The maximum absolute atomic E-state index is 4.36. The molecule has 2 N–H and O–H groups in total. The summed E-state index contributed by atoms with van der Waals surface area (Å²) in [6, 6.07) is 2.58. The second kappa shape index (κ2) is 7.16. The van der Waals surface area contributed by atoms with Crippen LogP contribution in [0.2, 0.25) is 0 Å². The molecule has 1 aromatic heterocycles. The summed E-state index contributed by atoms with van der Waals surface area (Å²) >= 11 is 0. The Labute approximate surface area is 110 Å². The zero-order chi connectivity index (χ0) is 13.5. The van der Waals surface area contributed by atoms with E-state index >= 15 is 0 Å². The first-order chi connectivity index (χ1) is 8.56. The van der Waals surface area contributed by atoms with Crippen LogP contribution >= 0.6 is 0 Å². The molecule has 0 aromatic carbocycles. The standard InChI is InChI=1S/C13H25N5/c1-6-11(3)18(5)8-7-15-12-9-10(2)16-13(14-4)17-12/h9,11H,6-8H2,1-5H3,(H2,14,15,16,17). The van der Waals surface area contributed by atoms with Crippen LogP contribution in [0.3, 0.4) is 0 Å². The topological polar surface area (TPSA) is 53.1 Å². The van der Waals surface area contributed by atoms with E-state index in [-0.39, 0.29) is 0 Å². The van der Waals surface area contributed by atoms with Gasteiger partial charge in [0, 0.05) is 37.9 Å². The molecule has 5 nitrogen and oxygen atoms in total. The fourth-order valence-electron chi connectivity index (χ4n) is 1.66. The van der Waals surface area contributed by atoms with E-state index in [1.54, 1.807) is 0 Å². The van der Waals surface area contributed by atoms with Crippen LogP contribution < -0.4 is 10.6 Å². The van der Waals surface area contributed by atoms with E-state index in [9.17, 15) is 0 Å². The zero-order valence-corrected chi connectivity index (χ0v) is 12.1. The van der Waals surface area contributed by atoms with Gasteiger partial charge in [-0.15, -0.1) is 0 Å².